The molecular formula is C16H18N4O4S2. The van der Waals surface area contributed by atoms with Crippen LogP contribution < -0.4 is 16.0 Å². The summed E-state index contributed by atoms with van der Waals surface area (Å²) < 4.78 is 22.9. The first-order chi connectivity index (χ1) is 12.3. The summed E-state index contributed by atoms with van der Waals surface area (Å²) in [6, 6.07) is 5.58. The van der Waals surface area contributed by atoms with Gasteiger partial charge in [0.25, 0.3) is 5.91 Å². The molecule has 0 spiro atoms. The summed E-state index contributed by atoms with van der Waals surface area (Å²) >= 11 is 1.33. The van der Waals surface area contributed by atoms with E-state index < -0.39 is 15.9 Å². The van der Waals surface area contributed by atoms with E-state index in [2.05, 4.69) is 20.9 Å². The van der Waals surface area contributed by atoms with Crippen LogP contribution in [0, 0.1) is 6.92 Å². The lowest BCUT2D eigenvalue weighted by Gasteiger charge is -2.12. The van der Waals surface area contributed by atoms with Crippen LogP contribution in [0.4, 0.5) is 15.6 Å². The van der Waals surface area contributed by atoms with E-state index in [-0.39, 0.29) is 23.5 Å². The highest BCUT2D eigenvalue weighted by atomic mass is 32.2. The number of amides is 3. The van der Waals surface area contributed by atoms with Crippen molar-refractivity contribution in [2.75, 3.05) is 22.1 Å². The summed E-state index contributed by atoms with van der Waals surface area (Å²) in [5, 5.41) is 10.3. The number of anilines is 2. The van der Waals surface area contributed by atoms with Gasteiger partial charge in [0.1, 0.15) is 0 Å². The van der Waals surface area contributed by atoms with Gasteiger partial charge < -0.3 is 10.6 Å². The standard InChI is InChI=1S/C16H18N4O4S2/c1-10-8-25-16(17-10)20-14(21)11-3-2-4-12(7-11)18-15(22)19-13-5-6-26(23,24)9-13/h2-4,7-8,13H,5-6,9H2,1H3,(H,17,20,21)(H2,18,19,22). The predicted octanol–water partition coefficient (Wildman–Crippen LogP) is 2.01. The number of aryl methyl sites for hydroxylation is 1. The van der Waals surface area contributed by atoms with Crippen LogP contribution in [0.1, 0.15) is 22.5 Å². The van der Waals surface area contributed by atoms with Crippen LogP contribution in [0.25, 0.3) is 0 Å². The van der Waals surface area contributed by atoms with Crippen molar-refractivity contribution in [2.24, 2.45) is 0 Å². The molecule has 3 rings (SSSR count). The van der Waals surface area contributed by atoms with Gasteiger partial charge in [0.15, 0.2) is 15.0 Å². The molecule has 8 nitrogen and oxygen atoms in total. The second kappa shape index (κ2) is 7.42. The zero-order valence-corrected chi connectivity index (χ0v) is 15.6. The van der Waals surface area contributed by atoms with Crippen LogP contribution in [0.15, 0.2) is 29.6 Å². The molecule has 0 aliphatic carbocycles. The van der Waals surface area contributed by atoms with Gasteiger partial charge in [-0.05, 0) is 31.5 Å². The Bertz CT molecular complexity index is 939. The topological polar surface area (TPSA) is 117 Å². The van der Waals surface area contributed by atoms with E-state index in [0.29, 0.717) is 22.8 Å². The van der Waals surface area contributed by atoms with Crippen molar-refractivity contribution in [1.29, 1.82) is 0 Å². The maximum atomic E-state index is 12.3. The first kappa shape index (κ1) is 18.3. The van der Waals surface area contributed by atoms with E-state index in [1.165, 1.54) is 11.3 Å². The fraction of sp³-hybridized carbons (Fsp3) is 0.312. The molecule has 0 radical (unpaired) electrons. The van der Waals surface area contributed by atoms with Gasteiger partial charge in [0.2, 0.25) is 0 Å². The van der Waals surface area contributed by atoms with Crippen molar-refractivity contribution < 1.29 is 18.0 Å². The largest absolute Gasteiger partial charge is 0.334 e. The van der Waals surface area contributed by atoms with Crippen molar-refractivity contribution in [3.8, 4) is 0 Å². The molecule has 0 saturated carbocycles. The molecule has 1 aliphatic rings. The van der Waals surface area contributed by atoms with E-state index in [0.717, 1.165) is 5.69 Å². The number of benzene rings is 1. The Hall–Kier alpha value is -2.46. The smallest absolute Gasteiger partial charge is 0.319 e. The number of aromatic nitrogens is 1. The average Bonchev–Trinajstić information content (AvgIpc) is 3.12. The van der Waals surface area contributed by atoms with E-state index in [1.54, 1.807) is 24.3 Å². The monoisotopic (exact) mass is 394 g/mol. The van der Waals surface area contributed by atoms with Crippen molar-refractivity contribution in [1.82, 2.24) is 10.3 Å². The Balaban J connectivity index is 1.60. The maximum absolute atomic E-state index is 12.3. The minimum atomic E-state index is -3.06. The first-order valence-corrected chi connectivity index (χ1v) is 10.6. The second-order valence-electron chi connectivity index (χ2n) is 6.03. The summed E-state index contributed by atoms with van der Waals surface area (Å²) in [5.74, 6) is -0.287. The molecule has 0 bridgehead atoms. The van der Waals surface area contributed by atoms with Crippen LogP contribution >= 0.6 is 11.3 Å². The van der Waals surface area contributed by atoms with Gasteiger partial charge in [0, 0.05) is 22.7 Å². The molecule has 26 heavy (non-hydrogen) atoms. The highest BCUT2D eigenvalue weighted by Gasteiger charge is 2.28. The predicted molar refractivity (Wildman–Crippen MR) is 100 cm³/mol. The molecular weight excluding hydrogens is 376 g/mol. The van der Waals surface area contributed by atoms with Gasteiger partial charge in [-0.1, -0.05) is 6.07 Å². The summed E-state index contributed by atoms with van der Waals surface area (Å²) in [7, 11) is -3.06. The molecule has 1 unspecified atom stereocenters. The highest BCUT2D eigenvalue weighted by Crippen LogP contribution is 2.17. The van der Waals surface area contributed by atoms with Crippen LogP contribution in [-0.2, 0) is 9.84 Å². The Kier molecular flexibility index (Phi) is 5.23. The molecule has 3 N–H and O–H groups in total. The zero-order chi connectivity index (χ0) is 18.7. The molecule has 1 atom stereocenters. The summed E-state index contributed by atoms with van der Waals surface area (Å²) in [6.07, 6.45) is 0.408. The number of carbonyl (C=O) groups excluding carboxylic acids is 2. The lowest BCUT2D eigenvalue weighted by Crippen LogP contribution is -2.38. The zero-order valence-electron chi connectivity index (χ0n) is 14.0. The lowest BCUT2D eigenvalue weighted by atomic mass is 10.2. The third kappa shape index (κ3) is 4.79. The number of rotatable bonds is 4. The summed E-state index contributed by atoms with van der Waals surface area (Å²) in [5.41, 5.74) is 1.64. The summed E-state index contributed by atoms with van der Waals surface area (Å²) in [6.45, 7) is 1.84. The molecule has 1 aromatic heterocycles. The average molecular weight is 394 g/mol. The van der Waals surface area contributed by atoms with Gasteiger partial charge in [-0.2, -0.15) is 0 Å². The van der Waals surface area contributed by atoms with Crippen LogP contribution in [0.5, 0.6) is 0 Å². The van der Waals surface area contributed by atoms with Gasteiger partial charge in [-0.15, -0.1) is 11.3 Å². The molecule has 2 heterocycles. The normalized spacial score (nSPS) is 18.3. The van der Waals surface area contributed by atoms with E-state index in [4.69, 9.17) is 0 Å². The first-order valence-electron chi connectivity index (χ1n) is 7.92. The third-order valence-electron chi connectivity index (χ3n) is 3.79. The van der Waals surface area contributed by atoms with Crippen LogP contribution in [-0.4, -0.2) is 42.9 Å². The number of urea groups is 1. The molecule has 10 heteroatoms. The number of carbonyl (C=O) groups is 2. The number of hydrogen-bond donors (Lipinski definition) is 3. The van der Waals surface area contributed by atoms with Gasteiger partial charge in [-0.3, -0.25) is 10.1 Å². The number of thiazole rings is 1. The summed E-state index contributed by atoms with van der Waals surface area (Å²) in [4.78, 5) is 28.5. The highest BCUT2D eigenvalue weighted by molar-refractivity contribution is 7.91. The molecule has 1 aromatic carbocycles. The fourth-order valence-electron chi connectivity index (χ4n) is 2.58. The van der Waals surface area contributed by atoms with Gasteiger partial charge >= 0.3 is 6.03 Å². The SMILES string of the molecule is Cc1csc(NC(=O)c2cccc(NC(=O)NC3CCS(=O)(=O)C3)c2)n1. The molecule has 138 valence electrons. The van der Waals surface area contributed by atoms with E-state index in [1.807, 2.05) is 12.3 Å². The Morgan fingerprint density at radius 1 is 1.27 bits per heavy atom. The van der Waals surface area contributed by atoms with E-state index in [9.17, 15) is 18.0 Å². The van der Waals surface area contributed by atoms with Crippen LogP contribution in [0.2, 0.25) is 0 Å². The molecule has 2 aromatic rings. The molecule has 1 aliphatic heterocycles. The number of nitrogens with zero attached hydrogens (tertiary/aromatic N) is 1. The number of hydrogen-bond acceptors (Lipinski definition) is 6. The van der Waals surface area contributed by atoms with Gasteiger partial charge in [0.05, 0.1) is 17.2 Å². The minimum absolute atomic E-state index is 0.0455. The van der Waals surface area contributed by atoms with Crippen molar-refractivity contribution in [3.63, 3.8) is 0 Å². The quantitative estimate of drug-likeness (QED) is 0.733. The number of nitrogens with one attached hydrogen (secondary N) is 3. The Morgan fingerprint density at radius 2 is 2.08 bits per heavy atom. The minimum Gasteiger partial charge on any atom is -0.334 e. The third-order valence-corrected chi connectivity index (χ3v) is 6.43. The van der Waals surface area contributed by atoms with Crippen molar-refractivity contribution >= 4 is 43.9 Å². The Morgan fingerprint density at radius 3 is 2.73 bits per heavy atom. The van der Waals surface area contributed by atoms with Crippen molar-refractivity contribution in [3.05, 3.63) is 40.9 Å². The van der Waals surface area contributed by atoms with E-state index >= 15 is 0 Å². The Labute approximate surface area is 154 Å². The fourth-order valence-corrected chi connectivity index (χ4v) is 4.94. The van der Waals surface area contributed by atoms with Crippen LogP contribution in [0.3, 0.4) is 0 Å². The van der Waals surface area contributed by atoms with Gasteiger partial charge in [-0.25, -0.2) is 18.2 Å². The molecule has 1 fully saturated rings. The molecule has 3 amide bonds. The maximum Gasteiger partial charge on any atom is 0.319 e. The molecule has 1 saturated heterocycles. The second-order valence-corrected chi connectivity index (χ2v) is 9.11. The number of sulfone groups is 1. The van der Waals surface area contributed by atoms with Crippen molar-refractivity contribution in [2.45, 2.75) is 19.4 Å². The lowest BCUT2D eigenvalue weighted by molar-refractivity contribution is 0.102.